The molecule has 0 saturated heterocycles. The van der Waals surface area contributed by atoms with Crippen molar-refractivity contribution < 1.29 is 0 Å². The SMILES string of the molecule is CCCCN(CC)c1nc2sccn2c1CC(N)CC. The number of hydrogen-bond donors (Lipinski definition) is 1. The number of aromatic nitrogens is 2. The second kappa shape index (κ2) is 7.09. The van der Waals surface area contributed by atoms with Crippen LogP contribution in [0, 0.1) is 0 Å². The smallest absolute Gasteiger partial charge is 0.195 e. The van der Waals surface area contributed by atoms with E-state index in [0.29, 0.717) is 0 Å². The number of anilines is 1. The van der Waals surface area contributed by atoms with E-state index in [1.165, 1.54) is 18.5 Å². The molecule has 1 unspecified atom stereocenters. The minimum absolute atomic E-state index is 0.207. The Morgan fingerprint density at radius 3 is 2.85 bits per heavy atom. The van der Waals surface area contributed by atoms with Gasteiger partial charge in [-0.25, -0.2) is 4.98 Å². The van der Waals surface area contributed by atoms with Crippen molar-refractivity contribution in [1.29, 1.82) is 0 Å². The standard InChI is InChI=1S/C15H26N4S/c1-4-7-8-18(6-3)14-13(11-12(16)5-2)19-9-10-20-15(19)17-14/h9-10,12H,4-8,11,16H2,1-3H3. The molecule has 2 heterocycles. The van der Waals surface area contributed by atoms with E-state index in [9.17, 15) is 0 Å². The summed E-state index contributed by atoms with van der Waals surface area (Å²) in [5, 5.41) is 2.09. The quantitative estimate of drug-likeness (QED) is 0.812. The molecule has 2 N–H and O–H groups in total. The molecule has 0 aliphatic carbocycles. The Morgan fingerprint density at radius 2 is 2.20 bits per heavy atom. The topological polar surface area (TPSA) is 46.6 Å². The minimum atomic E-state index is 0.207. The van der Waals surface area contributed by atoms with E-state index < -0.39 is 0 Å². The molecule has 0 saturated carbocycles. The molecule has 1 atom stereocenters. The summed E-state index contributed by atoms with van der Waals surface area (Å²) in [7, 11) is 0. The van der Waals surface area contributed by atoms with E-state index in [2.05, 4.69) is 41.6 Å². The molecule has 0 aliphatic heterocycles. The fraction of sp³-hybridized carbons (Fsp3) is 0.667. The normalized spacial score (nSPS) is 13.0. The summed E-state index contributed by atoms with van der Waals surface area (Å²) < 4.78 is 2.21. The molecule has 0 fully saturated rings. The Kier molecular flexibility index (Phi) is 5.43. The van der Waals surface area contributed by atoms with E-state index in [1.807, 2.05) is 0 Å². The maximum Gasteiger partial charge on any atom is 0.195 e. The van der Waals surface area contributed by atoms with Gasteiger partial charge in [0.05, 0.1) is 5.69 Å². The molecule has 0 spiro atoms. The Hall–Kier alpha value is -1.07. The average Bonchev–Trinajstić information content (AvgIpc) is 3.03. The van der Waals surface area contributed by atoms with Gasteiger partial charge in [0, 0.05) is 37.1 Å². The second-order valence-corrected chi connectivity index (χ2v) is 6.12. The first-order valence-electron chi connectivity index (χ1n) is 7.66. The van der Waals surface area contributed by atoms with Crippen molar-refractivity contribution in [1.82, 2.24) is 9.38 Å². The van der Waals surface area contributed by atoms with Gasteiger partial charge in [-0.2, -0.15) is 0 Å². The number of rotatable bonds is 8. The molecule has 0 aliphatic rings. The Balaban J connectivity index is 2.34. The highest BCUT2D eigenvalue weighted by molar-refractivity contribution is 7.15. The number of fused-ring (bicyclic) bond motifs is 1. The van der Waals surface area contributed by atoms with Gasteiger partial charge in [0.1, 0.15) is 0 Å². The fourth-order valence-corrected chi connectivity index (χ4v) is 3.15. The third-order valence-electron chi connectivity index (χ3n) is 3.78. The van der Waals surface area contributed by atoms with Gasteiger partial charge in [-0.3, -0.25) is 4.40 Å². The van der Waals surface area contributed by atoms with E-state index >= 15 is 0 Å². The first-order chi connectivity index (χ1) is 9.71. The van der Waals surface area contributed by atoms with Crippen molar-refractivity contribution in [2.24, 2.45) is 5.73 Å². The Morgan fingerprint density at radius 1 is 1.40 bits per heavy atom. The summed E-state index contributed by atoms with van der Waals surface area (Å²) >= 11 is 1.69. The molecule has 0 radical (unpaired) electrons. The molecule has 2 aromatic rings. The van der Waals surface area contributed by atoms with Gasteiger partial charge in [-0.15, -0.1) is 11.3 Å². The number of hydrogen-bond acceptors (Lipinski definition) is 4. The predicted octanol–water partition coefficient (Wildman–Crippen LogP) is 3.30. The van der Waals surface area contributed by atoms with Gasteiger partial charge in [-0.05, 0) is 19.8 Å². The van der Waals surface area contributed by atoms with Crippen LogP contribution >= 0.6 is 11.3 Å². The van der Waals surface area contributed by atoms with E-state index in [1.54, 1.807) is 11.3 Å². The number of unbranched alkanes of at least 4 members (excludes halogenated alkanes) is 1. The van der Waals surface area contributed by atoms with Crippen LogP contribution in [0.25, 0.3) is 4.96 Å². The maximum atomic E-state index is 6.18. The molecule has 4 nitrogen and oxygen atoms in total. The zero-order valence-electron chi connectivity index (χ0n) is 12.8. The molecule has 0 amide bonds. The molecular formula is C15H26N4S. The van der Waals surface area contributed by atoms with Gasteiger partial charge >= 0.3 is 0 Å². The molecule has 0 bridgehead atoms. The maximum absolute atomic E-state index is 6.18. The fourth-order valence-electron chi connectivity index (χ4n) is 2.42. The first kappa shape index (κ1) is 15.3. The van der Waals surface area contributed by atoms with Crippen LogP contribution in [0.1, 0.15) is 45.7 Å². The van der Waals surface area contributed by atoms with Crippen molar-refractivity contribution in [2.45, 2.75) is 52.5 Å². The van der Waals surface area contributed by atoms with Gasteiger partial charge in [-0.1, -0.05) is 20.3 Å². The lowest BCUT2D eigenvalue weighted by atomic mass is 10.1. The van der Waals surface area contributed by atoms with Crippen LogP contribution in [0.2, 0.25) is 0 Å². The molecule has 2 rings (SSSR count). The van der Waals surface area contributed by atoms with Gasteiger partial charge in [0.15, 0.2) is 10.8 Å². The third-order valence-corrected chi connectivity index (χ3v) is 4.54. The summed E-state index contributed by atoms with van der Waals surface area (Å²) in [5.41, 5.74) is 7.45. The molecule has 2 aromatic heterocycles. The van der Waals surface area contributed by atoms with Crippen molar-refractivity contribution in [2.75, 3.05) is 18.0 Å². The summed E-state index contributed by atoms with van der Waals surface area (Å²) in [5.74, 6) is 1.14. The third kappa shape index (κ3) is 3.15. The zero-order valence-corrected chi connectivity index (χ0v) is 13.6. The lowest BCUT2D eigenvalue weighted by molar-refractivity contribution is 0.630. The highest BCUT2D eigenvalue weighted by Gasteiger charge is 2.19. The number of imidazole rings is 1. The van der Waals surface area contributed by atoms with Crippen LogP contribution in [0.5, 0.6) is 0 Å². The van der Waals surface area contributed by atoms with Gasteiger partial charge in [0.25, 0.3) is 0 Å². The molecular weight excluding hydrogens is 268 g/mol. The molecule has 0 aromatic carbocycles. The number of thiazole rings is 1. The lowest BCUT2D eigenvalue weighted by Gasteiger charge is -2.22. The summed E-state index contributed by atoms with van der Waals surface area (Å²) in [6.07, 6.45) is 6.42. The predicted molar refractivity (Wildman–Crippen MR) is 87.8 cm³/mol. The number of nitrogens with two attached hydrogens (primary N) is 1. The highest BCUT2D eigenvalue weighted by atomic mass is 32.1. The van der Waals surface area contributed by atoms with Crippen molar-refractivity contribution in [3.63, 3.8) is 0 Å². The van der Waals surface area contributed by atoms with Gasteiger partial charge < -0.3 is 10.6 Å². The van der Waals surface area contributed by atoms with Crippen LogP contribution in [-0.4, -0.2) is 28.5 Å². The zero-order chi connectivity index (χ0) is 14.5. The largest absolute Gasteiger partial charge is 0.355 e. The van der Waals surface area contributed by atoms with Crippen LogP contribution < -0.4 is 10.6 Å². The van der Waals surface area contributed by atoms with E-state index in [-0.39, 0.29) is 6.04 Å². The summed E-state index contributed by atoms with van der Waals surface area (Å²) in [6, 6.07) is 0.207. The minimum Gasteiger partial charge on any atom is -0.355 e. The highest BCUT2D eigenvalue weighted by Crippen LogP contribution is 2.26. The van der Waals surface area contributed by atoms with Crippen molar-refractivity contribution in [3.05, 3.63) is 17.3 Å². The summed E-state index contributed by atoms with van der Waals surface area (Å²) in [6.45, 7) is 8.65. The van der Waals surface area contributed by atoms with Crippen LogP contribution in [-0.2, 0) is 6.42 Å². The summed E-state index contributed by atoms with van der Waals surface area (Å²) in [4.78, 5) is 8.30. The Labute approximate surface area is 125 Å². The van der Waals surface area contributed by atoms with Crippen molar-refractivity contribution in [3.8, 4) is 0 Å². The number of nitrogens with zero attached hydrogens (tertiary/aromatic N) is 3. The first-order valence-corrected chi connectivity index (χ1v) is 8.54. The second-order valence-electron chi connectivity index (χ2n) is 5.24. The Bertz CT molecular complexity index is 531. The van der Waals surface area contributed by atoms with Crippen LogP contribution in [0.3, 0.4) is 0 Å². The van der Waals surface area contributed by atoms with Crippen LogP contribution in [0.15, 0.2) is 11.6 Å². The van der Waals surface area contributed by atoms with E-state index in [0.717, 1.165) is 36.7 Å². The molecule has 112 valence electrons. The van der Waals surface area contributed by atoms with Crippen molar-refractivity contribution >= 4 is 22.1 Å². The molecule has 5 heteroatoms. The monoisotopic (exact) mass is 294 g/mol. The lowest BCUT2D eigenvalue weighted by Crippen LogP contribution is -2.28. The van der Waals surface area contributed by atoms with Gasteiger partial charge in [0.2, 0.25) is 0 Å². The van der Waals surface area contributed by atoms with Crippen LogP contribution in [0.4, 0.5) is 5.82 Å². The average molecular weight is 294 g/mol. The van der Waals surface area contributed by atoms with E-state index in [4.69, 9.17) is 10.7 Å². The molecule has 20 heavy (non-hydrogen) atoms.